The molecule has 5 nitrogen and oxygen atoms in total. The number of hydrogen-bond donors (Lipinski definition) is 0. The van der Waals surface area contributed by atoms with E-state index in [2.05, 4.69) is 0 Å². The highest BCUT2D eigenvalue weighted by Gasteiger charge is 2.36. The first-order valence-electron chi connectivity index (χ1n) is 3.61. The van der Waals surface area contributed by atoms with E-state index >= 15 is 0 Å². The fourth-order valence-corrected chi connectivity index (χ4v) is 5.61. The van der Waals surface area contributed by atoms with Crippen molar-refractivity contribution in [1.82, 2.24) is 3.71 Å². The molecule has 0 atom stereocenters. The van der Waals surface area contributed by atoms with Crippen LogP contribution in [0.5, 0.6) is 0 Å². The normalized spacial score (nSPS) is 19.4. The van der Waals surface area contributed by atoms with Crippen molar-refractivity contribution in [3.8, 4) is 0 Å². The van der Waals surface area contributed by atoms with Crippen molar-refractivity contribution in [3.05, 3.63) is 16.9 Å². The van der Waals surface area contributed by atoms with Gasteiger partial charge in [-0.05, 0) is 11.8 Å². The molecule has 0 spiro atoms. The second-order valence-corrected chi connectivity index (χ2v) is 7.68. The van der Waals surface area contributed by atoms with Crippen molar-refractivity contribution >= 4 is 31.8 Å². The van der Waals surface area contributed by atoms with Crippen LogP contribution in [-0.4, -0.2) is 33.1 Å². The number of hydrogen-bond acceptors (Lipinski definition) is 5. The van der Waals surface area contributed by atoms with Gasteiger partial charge in [0.15, 0.2) is 0 Å². The average molecular weight is 256 g/mol. The van der Waals surface area contributed by atoms with Gasteiger partial charge in [-0.2, -0.15) is 0 Å². The van der Waals surface area contributed by atoms with Gasteiger partial charge >= 0.3 is 0 Å². The van der Waals surface area contributed by atoms with Crippen molar-refractivity contribution in [2.75, 3.05) is 12.5 Å². The average Bonchev–Trinajstić information content (AvgIpc) is 2.31. The third-order valence-corrected chi connectivity index (χ3v) is 5.85. The minimum absolute atomic E-state index is 0.301. The summed E-state index contributed by atoms with van der Waals surface area (Å²) in [7, 11) is -7.52. The van der Waals surface area contributed by atoms with E-state index in [0.717, 1.165) is 24.3 Å². The van der Waals surface area contributed by atoms with Crippen LogP contribution in [0.25, 0.3) is 0 Å². The molecule has 0 saturated carbocycles. The molecule has 0 aromatic heterocycles. The third kappa shape index (κ3) is 2.72. The van der Waals surface area contributed by atoms with E-state index in [1.807, 2.05) is 0 Å². The number of nitrogens with zero attached hydrogens (tertiary/aromatic N) is 1. The van der Waals surface area contributed by atoms with Crippen LogP contribution in [0.2, 0.25) is 0 Å². The van der Waals surface area contributed by atoms with Crippen molar-refractivity contribution in [2.24, 2.45) is 0 Å². The van der Waals surface area contributed by atoms with Crippen LogP contribution in [-0.2, 0) is 20.0 Å². The number of rotatable bonds is 3. The maximum atomic E-state index is 11.2. The van der Waals surface area contributed by atoms with E-state index in [-0.39, 0.29) is 0 Å². The minimum Gasteiger partial charge on any atom is -0.211 e. The summed E-state index contributed by atoms with van der Waals surface area (Å²) in [5.41, 5.74) is 0. The Labute approximate surface area is 88.3 Å². The molecule has 0 saturated heterocycles. The summed E-state index contributed by atoms with van der Waals surface area (Å²) >= 11 is 1.11. The lowest BCUT2D eigenvalue weighted by molar-refractivity contribution is 0.526. The van der Waals surface area contributed by atoms with Gasteiger partial charge in [0.2, 0.25) is 20.0 Å². The zero-order valence-electron chi connectivity index (χ0n) is 7.67. The van der Waals surface area contributed by atoms with Crippen LogP contribution in [0.1, 0.15) is 6.42 Å². The molecule has 0 unspecified atom stereocenters. The Hall–Kier alpha value is -0.0500. The SMILES string of the molecule is CS(=O)(=O)N([C]1CC=CS1)S(C)(=O)=O. The van der Waals surface area contributed by atoms with E-state index in [4.69, 9.17) is 0 Å². The molecule has 1 rings (SSSR count). The van der Waals surface area contributed by atoms with E-state index in [1.165, 1.54) is 0 Å². The third-order valence-electron chi connectivity index (χ3n) is 1.40. The molecule has 0 aromatic rings. The molecule has 0 fully saturated rings. The summed E-state index contributed by atoms with van der Waals surface area (Å²) in [6, 6.07) is 0. The Balaban J connectivity index is 3.07. The molecular weight excluding hydrogens is 246 g/mol. The molecule has 1 radical (unpaired) electrons. The van der Waals surface area contributed by atoms with Gasteiger partial charge < -0.3 is 0 Å². The quantitative estimate of drug-likeness (QED) is 0.728. The smallest absolute Gasteiger partial charge is 0.211 e. The zero-order chi connectivity index (χ0) is 11.0. The molecule has 0 aromatic carbocycles. The maximum absolute atomic E-state index is 11.2. The Morgan fingerprint density at radius 3 is 2.00 bits per heavy atom. The molecule has 8 heteroatoms. The van der Waals surface area contributed by atoms with Crippen LogP contribution in [0.3, 0.4) is 0 Å². The Morgan fingerprint density at radius 2 is 1.71 bits per heavy atom. The molecule has 1 heterocycles. The summed E-state index contributed by atoms with van der Waals surface area (Å²) in [6.07, 6.45) is 3.80. The van der Waals surface area contributed by atoms with Gasteiger partial charge in [0.1, 0.15) is 5.37 Å². The molecular formula is C6H10NO4S3. The van der Waals surface area contributed by atoms with Crippen LogP contribution in [0.15, 0.2) is 11.5 Å². The molecule has 1 aliphatic rings. The maximum Gasteiger partial charge on any atom is 0.225 e. The number of sulfonamides is 2. The van der Waals surface area contributed by atoms with Crippen molar-refractivity contribution in [2.45, 2.75) is 6.42 Å². The summed E-state index contributed by atoms with van der Waals surface area (Å²) in [4.78, 5) is 0. The first kappa shape index (κ1) is 12.0. The first-order valence-corrected chi connectivity index (χ1v) is 8.18. The van der Waals surface area contributed by atoms with Gasteiger partial charge in [0, 0.05) is 0 Å². The topological polar surface area (TPSA) is 71.5 Å². The van der Waals surface area contributed by atoms with E-state index in [1.54, 1.807) is 11.5 Å². The van der Waals surface area contributed by atoms with Gasteiger partial charge in [-0.15, -0.1) is 11.8 Å². The highest BCUT2D eigenvalue weighted by Crippen LogP contribution is 2.37. The van der Waals surface area contributed by atoms with Crippen LogP contribution in [0.4, 0.5) is 0 Å². The number of thioether (sulfide) groups is 1. The monoisotopic (exact) mass is 256 g/mol. The van der Waals surface area contributed by atoms with E-state index < -0.39 is 20.0 Å². The minimum atomic E-state index is -3.76. The molecule has 0 aliphatic carbocycles. The van der Waals surface area contributed by atoms with Crippen LogP contribution < -0.4 is 0 Å². The highest BCUT2D eigenvalue weighted by atomic mass is 32.3. The van der Waals surface area contributed by atoms with Crippen LogP contribution >= 0.6 is 11.8 Å². The molecule has 14 heavy (non-hydrogen) atoms. The van der Waals surface area contributed by atoms with Gasteiger partial charge in [-0.25, -0.2) is 16.8 Å². The van der Waals surface area contributed by atoms with Gasteiger partial charge in [-0.1, -0.05) is 9.79 Å². The molecule has 0 bridgehead atoms. The van der Waals surface area contributed by atoms with Crippen molar-refractivity contribution < 1.29 is 16.8 Å². The van der Waals surface area contributed by atoms with Gasteiger partial charge in [0.25, 0.3) is 0 Å². The molecule has 0 N–H and O–H groups in total. The molecule has 1 aliphatic heterocycles. The standard InChI is InChI=1S/C6H10NO4S3/c1-13(8,9)7(14(2,10)11)6-4-3-5-12-6/h3,5H,4H2,1-2H3. The highest BCUT2D eigenvalue weighted by molar-refractivity contribution is 8.09. The van der Waals surface area contributed by atoms with Gasteiger partial charge in [0.05, 0.1) is 12.5 Å². The largest absolute Gasteiger partial charge is 0.225 e. The predicted octanol–water partition coefficient (Wildman–Crippen LogP) is 0.348. The summed E-state index contributed by atoms with van der Waals surface area (Å²) in [5.74, 6) is 0. The summed E-state index contributed by atoms with van der Waals surface area (Å²) in [5, 5.41) is 1.97. The van der Waals surface area contributed by atoms with Crippen molar-refractivity contribution in [1.29, 1.82) is 0 Å². The lowest BCUT2D eigenvalue weighted by Crippen LogP contribution is -2.36. The lowest BCUT2D eigenvalue weighted by Gasteiger charge is -2.21. The second kappa shape index (κ2) is 3.84. The molecule has 0 amide bonds. The fourth-order valence-electron chi connectivity index (χ4n) is 1.06. The predicted molar refractivity (Wildman–Crippen MR) is 56.1 cm³/mol. The van der Waals surface area contributed by atoms with Crippen molar-refractivity contribution in [3.63, 3.8) is 0 Å². The second-order valence-electron chi connectivity index (χ2n) is 2.81. The Bertz CT molecular complexity index is 396. The Kier molecular flexibility index (Phi) is 3.30. The summed E-state index contributed by atoms with van der Waals surface area (Å²) < 4.78 is 45.5. The Morgan fingerprint density at radius 1 is 1.21 bits per heavy atom. The van der Waals surface area contributed by atoms with E-state index in [0.29, 0.717) is 15.5 Å². The van der Waals surface area contributed by atoms with E-state index in [9.17, 15) is 16.8 Å². The lowest BCUT2D eigenvalue weighted by atomic mass is 10.4. The van der Waals surface area contributed by atoms with Gasteiger partial charge in [-0.3, -0.25) is 0 Å². The first-order chi connectivity index (χ1) is 6.23. The van der Waals surface area contributed by atoms with Crippen LogP contribution in [0, 0.1) is 5.37 Å². The summed E-state index contributed by atoms with van der Waals surface area (Å²) in [6.45, 7) is 0. The fraction of sp³-hybridized carbons (Fsp3) is 0.500. The zero-order valence-corrected chi connectivity index (χ0v) is 10.1. The molecule has 81 valence electrons.